The fourth-order valence-corrected chi connectivity index (χ4v) is 3.10. The first-order valence-electron chi connectivity index (χ1n) is 4.51. The molecule has 1 nitrogen and oxygen atoms in total. The van der Waals surface area contributed by atoms with Gasteiger partial charge in [-0.2, -0.15) is 24.1 Å². The molecule has 0 amide bonds. The number of allylic oxidation sites excluding steroid dienone is 2. The van der Waals surface area contributed by atoms with Gasteiger partial charge in [0.15, 0.2) is 0 Å². The summed E-state index contributed by atoms with van der Waals surface area (Å²) in [5.74, 6) is 0.113. The van der Waals surface area contributed by atoms with Gasteiger partial charge in [-0.1, -0.05) is 0 Å². The predicted octanol–water partition coefficient (Wildman–Crippen LogP) is 3.73. The van der Waals surface area contributed by atoms with E-state index in [1.165, 1.54) is 17.5 Å². The summed E-state index contributed by atoms with van der Waals surface area (Å²) in [5.41, 5.74) is -0.591. The van der Waals surface area contributed by atoms with Crippen molar-refractivity contribution in [3.05, 3.63) is 46.7 Å². The molecule has 5 heteroatoms. The molecule has 0 saturated carbocycles. The van der Waals surface area contributed by atoms with E-state index >= 15 is 0 Å². The molecule has 1 aromatic carbocycles. The summed E-state index contributed by atoms with van der Waals surface area (Å²) >= 11 is 0. The number of thiol groups is 1. The highest BCUT2D eigenvalue weighted by molar-refractivity contribution is 8.22. The van der Waals surface area contributed by atoms with E-state index in [0.29, 0.717) is 0 Å². The summed E-state index contributed by atoms with van der Waals surface area (Å²) < 4.78 is 37.1. The first kappa shape index (κ1) is 11.1. The SMILES string of the molecule is Oc1ccc([SH]2C=CC(C(F)(F)F)=C2)cc1. The molecule has 0 spiro atoms. The number of alkyl halides is 3. The van der Waals surface area contributed by atoms with Gasteiger partial charge < -0.3 is 5.11 Å². The van der Waals surface area contributed by atoms with E-state index in [1.807, 2.05) is 0 Å². The third kappa shape index (κ3) is 2.24. The quantitative estimate of drug-likeness (QED) is 0.723. The summed E-state index contributed by atoms with van der Waals surface area (Å²) in [5, 5.41) is 11.9. The minimum atomic E-state index is -4.27. The Labute approximate surface area is 93.3 Å². The monoisotopic (exact) mass is 246 g/mol. The van der Waals surface area contributed by atoms with Gasteiger partial charge >= 0.3 is 6.18 Å². The maximum absolute atomic E-state index is 12.4. The summed E-state index contributed by atoms with van der Waals surface area (Å²) in [7, 11) is -1.03. The second-order valence-corrected chi connectivity index (χ2v) is 5.21. The molecule has 1 atom stereocenters. The molecule has 0 aliphatic carbocycles. The van der Waals surface area contributed by atoms with Crippen molar-refractivity contribution in [1.82, 2.24) is 0 Å². The van der Waals surface area contributed by atoms with Gasteiger partial charge in [-0.3, -0.25) is 0 Å². The van der Waals surface area contributed by atoms with Gasteiger partial charge in [0.2, 0.25) is 0 Å². The highest BCUT2D eigenvalue weighted by Crippen LogP contribution is 2.47. The van der Waals surface area contributed by atoms with Crippen molar-refractivity contribution < 1.29 is 18.3 Å². The Hall–Kier alpha value is -1.36. The lowest BCUT2D eigenvalue weighted by atomic mass is 10.3. The lowest BCUT2D eigenvalue weighted by Gasteiger charge is -2.10. The molecule has 1 aliphatic rings. The Bertz CT molecular complexity index is 445. The van der Waals surface area contributed by atoms with Crippen LogP contribution in [0.25, 0.3) is 0 Å². The van der Waals surface area contributed by atoms with Crippen molar-refractivity contribution in [2.45, 2.75) is 11.1 Å². The standard InChI is InChI=1S/C11H9F3OS/c12-11(13,14)8-5-6-16(7-8)10-3-1-9(15)2-4-10/h1-7,15-16H. The molecule has 0 fully saturated rings. The molecule has 1 N–H and O–H groups in total. The van der Waals surface area contributed by atoms with E-state index in [4.69, 9.17) is 5.11 Å². The molecule has 0 bridgehead atoms. The molecule has 0 saturated heterocycles. The number of phenolic OH excluding ortho intramolecular Hbond substituents is 1. The molecule has 1 aliphatic heterocycles. The average Bonchev–Trinajstić information content (AvgIpc) is 2.67. The molecule has 0 aromatic heterocycles. The fourth-order valence-electron chi connectivity index (χ4n) is 1.35. The largest absolute Gasteiger partial charge is 0.508 e. The molecule has 16 heavy (non-hydrogen) atoms. The van der Waals surface area contributed by atoms with E-state index in [9.17, 15) is 13.2 Å². The van der Waals surface area contributed by atoms with Crippen LogP contribution in [0.5, 0.6) is 5.75 Å². The van der Waals surface area contributed by atoms with Gasteiger partial charge in [-0.05, 0) is 46.1 Å². The maximum atomic E-state index is 12.4. The zero-order chi connectivity index (χ0) is 11.8. The number of benzene rings is 1. The average molecular weight is 246 g/mol. The van der Waals surface area contributed by atoms with Gasteiger partial charge in [0.05, 0.1) is 5.57 Å². The molecular formula is C11H9F3OS. The predicted molar refractivity (Wildman–Crippen MR) is 58.6 cm³/mol. The lowest BCUT2D eigenvalue weighted by molar-refractivity contribution is -0.0878. The van der Waals surface area contributed by atoms with Gasteiger partial charge in [0, 0.05) is 0 Å². The number of rotatable bonds is 1. The molecular weight excluding hydrogens is 237 g/mol. The maximum Gasteiger partial charge on any atom is 0.416 e. The van der Waals surface area contributed by atoms with E-state index < -0.39 is 22.6 Å². The van der Waals surface area contributed by atoms with Crippen molar-refractivity contribution >= 4 is 10.9 Å². The topological polar surface area (TPSA) is 20.2 Å². The number of hydrogen-bond donors (Lipinski definition) is 2. The highest BCUT2D eigenvalue weighted by atomic mass is 32.2. The van der Waals surface area contributed by atoms with Crippen molar-refractivity contribution in [2.75, 3.05) is 0 Å². The van der Waals surface area contributed by atoms with Crippen LogP contribution in [-0.2, 0) is 0 Å². The normalized spacial score (nSPS) is 22.2. The second-order valence-electron chi connectivity index (χ2n) is 3.32. The Morgan fingerprint density at radius 1 is 1.06 bits per heavy atom. The fraction of sp³-hybridized carbons (Fsp3) is 0.0909. The molecule has 86 valence electrons. The van der Waals surface area contributed by atoms with Gasteiger partial charge in [-0.15, -0.1) is 0 Å². The summed E-state index contributed by atoms with van der Waals surface area (Å²) in [4.78, 5) is 0.795. The highest BCUT2D eigenvalue weighted by Gasteiger charge is 2.33. The van der Waals surface area contributed by atoms with Crippen LogP contribution >= 0.6 is 10.9 Å². The molecule has 2 rings (SSSR count). The van der Waals surface area contributed by atoms with Gasteiger partial charge in [0.1, 0.15) is 5.75 Å². The first-order valence-corrected chi connectivity index (χ1v) is 5.99. The minimum absolute atomic E-state index is 0.113. The van der Waals surface area contributed by atoms with E-state index in [2.05, 4.69) is 0 Å². The van der Waals surface area contributed by atoms with Gasteiger partial charge in [-0.25, -0.2) is 0 Å². The van der Waals surface area contributed by atoms with Crippen LogP contribution in [0.2, 0.25) is 0 Å². The van der Waals surface area contributed by atoms with Gasteiger partial charge in [0.25, 0.3) is 0 Å². The third-order valence-electron chi connectivity index (χ3n) is 2.17. The third-order valence-corrected chi connectivity index (χ3v) is 4.09. The number of aromatic hydroxyl groups is 1. The van der Waals surface area contributed by atoms with Crippen LogP contribution in [-0.4, -0.2) is 11.3 Å². The van der Waals surface area contributed by atoms with Crippen LogP contribution < -0.4 is 0 Å². The van der Waals surface area contributed by atoms with Crippen LogP contribution in [0.15, 0.2) is 51.6 Å². The molecule has 1 heterocycles. The van der Waals surface area contributed by atoms with Crippen LogP contribution in [0.4, 0.5) is 13.2 Å². The number of hydrogen-bond acceptors (Lipinski definition) is 1. The summed E-state index contributed by atoms with van der Waals surface area (Å²) in [6.45, 7) is 0. The van der Waals surface area contributed by atoms with Crippen LogP contribution in [0.1, 0.15) is 0 Å². The van der Waals surface area contributed by atoms with E-state index in [0.717, 1.165) is 11.0 Å². The lowest BCUT2D eigenvalue weighted by Crippen LogP contribution is -2.08. The summed E-state index contributed by atoms with van der Waals surface area (Å²) in [6.07, 6.45) is -3.16. The zero-order valence-corrected chi connectivity index (χ0v) is 8.96. The Morgan fingerprint density at radius 2 is 1.69 bits per heavy atom. The van der Waals surface area contributed by atoms with Crippen molar-refractivity contribution in [3.8, 4) is 5.75 Å². The van der Waals surface area contributed by atoms with Crippen LogP contribution in [0, 0.1) is 0 Å². The molecule has 1 unspecified atom stereocenters. The number of halogens is 3. The molecule has 1 aromatic rings. The Morgan fingerprint density at radius 3 is 2.19 bits per heavy atom. The summed E-state index contributed by atoms with van der Waals surface area (Å²) in [6, 6.07) is 6.23. The molecule has 0 radical (unpaired) electrons. The second kappa shape index (κ2) is 3.90. The van der Waals surface area contributed by atoms with E-state index in [-0.39, 0.29) is 5.75 Å². The zero-order valence-electron chi connectivity index (χ0n) is 8.07. The van der Waals surface area contributed by atoms with Crippen molar-refractivity contribution in [2.24, 2.45) is 0 Å². The minimum Gasteiger partial charge on any atom is -0.508 e. The van der Waals surface area contributed by atoms with Crippen molar-refractivity contribution in [1.29, 1.82) is 0 Å². The van der Waals surface area contributed by atoms with Crippen molar-refractivity contribution in [3.63, 3.8) is 0 Å². The van der Waals surface area contributed by atoms with Crippen LogP contribution in [0.3, 0.4) is 0 Å². The smallest absolute Gasteiger partial charge is 0.416 e. The Kier molecular flexibility index (Phi) is 2.71. The first-order chi connectivity index (χ1) is 7.47. The van der Waals surface area contributed by atoms with E-state index in [1.54, 1.807) is 17.5 Å². The Balaban J connectivity index is 2.24. The number of phenols is 1.